The molecule has 2 heteroatoms. The minimum atomic E-state index is -0.344. The summed E-state index contributed by atoms with van der Waals surface area (Å²) < 4.78 is 0. The number of hydrogen-bond acceptors (Lipinski definition) is 2. The van der Waals surface area contributed by atoms with Gasteiger partial charge in [0, 0.05) is 12.6 Å². The first-order valence-corrected chi connectivity index (χ1v) is 8.03. The maximum atomic E-state index is 10.4. The van der Waals surface area contributed by atoms with Crippen LogP contribution in [0.2, 0.25) is 0 Å². The van der Waals surface area contributed by atoms with Gasteiger partial charge >= 0.3 is 0 Å². The lowest BCUT2D eigenvalue weighted by Crippen LogP contribution is -2.33. The van der Waals surface area contributed by atoms with Crippen molar-refractivity contribution in [2.45, 2.75) is 65.5 Å². The summed E-state index contributed by atoms with van der Waals surface area (Å²) >= 11 is 0. The fourth-order valence-corrected chi connectivity index (χ4v) is 2.60. The average Bonchev–Trinajstić information content (AvgIpc) is 2.42. The zero-order chi connectivity index (χ0) is 15.0. The van der Waals surface area contributed by atoms with E-state index in [1.165, 1.54) is 24.8 Å². The molecule has 0 fully saturated rings. The third kappa shape index (κ3) is 5.64. The summed E-state index contributed by atoms with van der Waals surface area (Å²) in [5.74, 6) is 0. The first-order valence-electron chi connectivity index (χ1n) is 8.03. The van der Waals surface area contributed by atoms with Crippen LogP contribution in [0.25, 0.3) is 0 Å². The van der Waals surface area contributed by atoms with E-state index in [1.54, 1.807) is 0 Å². The predicted octanol–water partition coefficient (Wildman–Crippen LogP) is 4.32. The largest absolute Gasteiger partial charge is 0.388 e. The Kier molecular flexibility index (Phi) is 7.86. The highest BCUT2D eigenvalue weighted by molar-refractivity contribution is 5.27. The SMILES string of the molecule is CCCCCN(CCC(O)c1ccccc1C)C(C)C. The molecule has 0 aliphatic heterocycles. The highest BCUT2D eigenvalue weighted by Crippen LogP contribution is 2.21. The third-order valence-electron chi connectivity index (χ3n) is 4.02. The van der Waals surface area contributed by atoms with Gasteiger partial charge in [-0.15, -0.1) is 0 Å². The highest BCUT2D eigenvalue weighted by Gasteiger charge is 2.14. The summed E-state index contributed by atoms with van der Waals surface area (Å²) in [6, 6.07) is 8.69. The van der Waals surface area contributed by atoms with E-state index in [4.69, 9.17) is 0 Å². The van der Waals surface area contributed by atoms with Crippen molar-refractivity contribution in [1.29, 1.82) is 0 Å². The van der Waals surface area contributed by atoms with Crippen molar-refractivity contribution in [3.63, 3.8) is 0 Å². The van der Waals surface area contributed by atoms with Crippen LogP contribution in [0.15, 0.2) is 24.3 Å². The smallest absolute Gasteiger partial charge is 0.0804 e. The molecular formula is C18H31NO. The van der Waals surface area contributed by atoms with Crippen LogP contribution < -0.4 is 0 Å². The number of benzene rings is 1. The lowest BCUT2D eigenvalue weighted by atomic mass is 10.0. The van der Waals surface area contributed by atoms with Crippen LogP contribution in [-0.4, -0.2) is 29.1 Å². The maximum absolute atomic E-state index is 10.4. The van der Waals surface area contributed by atoms with Gasteiger partial charge in [-0.25, -0.2) is 0 Å². The van der Waals surface area contributed by atoms with Gasteiger partial charge in [-0.3, -0.25) is 0 Å². The molecule has 1 unspecified atom stereocenters. The first kappa shape index (κ1) is 17.2. The normalized spacial score (nSPS) is 13.2. The van der Waals surface area contributed by atoms with Gasteiger partial charge in [-0.2, -0.15) is 0 Å². The molecule has 0 aliphatic rings. The third-order valence-corrected chi connectivity index (χ3v) is 4.02. The van der Waals surface area contributed by atoms with Crippen molar-refractivity contribution in [2.24, 2.45) is 0 Å². The second kappa shape index (κ2) is 9.15. The minimum Gasteiger partial charge on any atom is -0.388 e. The van der Waals surface area contributed by atoms with Crippen molar-refractivity contribution in [2.75, 3.05) is 13.1 Å². The molecule has 0 bridgehead atoms. The van der Waals surface area contributed by atoms with Crippen molar-refractivity contribution >= 4 is 0 Å². The molecule has 0 heterocycles. The fourth-order valence-electron chi connectivity index (χ4n) is 2.60. The molecule has 0 radical (unpaired) electrons. The molecule has 0 amide bonds. The fraction of sp³-hybridized carbons (Fsp3) is 0.667. The van der Waals surface area contributed by atoms with Gasteiger partial charge < -0.3 is 10.0 Å². The van der Waals surface area contributed by atoms with Crippen molar-refractivity contribution in [1.82, 2.24) is 4.90 Å². The molecule has 1 aromatic carbocycles. The number of aliphatic hydroxyl groups is 1. The summed E-state index contributed by atoms with van der Waals surface area (Å²) in [6.07, 6.45) is 4.29. The Morgan fingerprint density at radius 1 is 1.10 bits per heavy atom. The Balaban J connectivity index is 2.48. The minimum absolute atomic E-state index is 0.344. The Morgan fingerprint density at radius 2 is 1.80 bits per heavy atom. The highest BCUT2D eigenvalue weighted by atomic mass is 16.3. The predicted molar refractivity (Wildman–Crippen MR) is 87.0 cm³/mol. The number of aliphatic hydroxyl groups excluding tert-OH is 1. The quantitative estimate of drug-likeness (QED) is 0.680. The molecule has 1 rings (SSSR count). The topological polar surface area (TPSA) is 23.5 Å². The number of nitrogens with zero attached hydrogens (tertiary/aromatic N) is 1. The molecule has 2 nitrogen and oxygen atoms in total. The Labute approximate surface area is 124 Å². The van der Waals surface area contributed by atoms with Gasteiger partial charge in [-0.05, 0) is 51.3 Å². The molecule has 0 saturated carbocycles. The standard InChI is InChI=1S/C18H31NO/c1-5-6-9-13-19(15(2)3)14-12-18(20)17-11-8-7-10-16(17)4/h7-8,10-11,15,18,20H,5-6,9,12-14H2,1-4H3. The summed E-state index contributed by atoms with van der Waals surface area (Å²) in [4.78, 5) is 2.48. The molecular weight excluding hydrogens is 246 g/mol. The first-order chi connectivity index (χ1) is 9.56. The molecule has 0 saturated heterocycles. The van der Waals surface area contributed by atoms with E-state index < -0.39 is 0 Å². The summed E-state index contributed by atoms with van der Waals surface area (Å²) in [6.45, 7) is 10.9. The van der Waals surface area contributed by atoms with Crippen LogP contribution >= 0.6 is 0 Å². The summed E-state index contributed by atoms with van der Waals surface area (Å²) in [5.41, 5.74) is 2.26. The Hall–Kier alpha value is -0.860. The number of unbranched alkanes of at least 4 members (excludes halogenated alkanes) is 2. The zero-order valence-corrected chi connectivity index (χ0v) is 13.6. The molecule has 0 spiro atoms. The van der Waals surface area contributed by atoms with Crippen LogP contribution in [-0.2, 0) is 0 Å². The zero-order valence-electron chi connectivity index (χ0n) is 13.6. The molecule has 1 N–H and O–H groups in total. The van der Waals surface area contributed by atoms with E-state index in [0.29, 0.717) is 6.04 Å². The van der Waals surface area contributed by atoms with Gasteiger partial charge in [0.25, 0.3) is 0 Å². The molecule has 1 atom stereocenters. The van der Waals surface area contributed by atoms with Crippen LogP contribution in [0.4, 0.5) is 0 Å². The monoisotopic (exact) mass is 277 g/mol. The maximum Gasteiger partial charge on any atom is 0.0804 e. The van der Waals surface area contributed by atoms with Crippen LogP contribution in [0, 0.1) is 6.92 Å². The second-order valence-corrected chi connectivity index (χ2v) is 6.00. The Morgan fingerprint density at radius 3 is 2.40 bits per heavy atom. The van der Waals surface area contributed by atoms with E-state index in [-0.39, 0.29) is 6.10 Å². The Bertz CT molecular complexity index is 375. The lowest BCUT2D eigenvalue weighted by molar-refractivity contribution is 0.129. The van der Waals surface area contributed by atoms with E-state index in [9.17, 15) is 5.11 Å². The van der Waals surface area contributed by atoms with E-state index >= 15 is 0 Å². The number of rotatable bonds is 9. The second-order valence-electron chi connectivity index (χ2n) is 6.00. The molecule has 0 aliphatic carbocycles. The van der Waals surface area contributed by atoms with Crippen molar-refractivity contribution < 1.29 is 5.11 Å². The van der Waals surface area contributed by atoms with Crippen LogP contribution in [0.3, 0.4) is 0 Å². The molecule has 1 aromatic rings. The van der Waals surface area contributed by atoms with Gasteiger partial charge in [0.05, 0.1) is 6.10 Å². The van der Waals surface area contributed by atoms with Crippen LogP contribution in [0.1, 0.15) is 63.7 Å². The number of hydrogen-bond donors (Lipinski definition) is 1. The van der Waals surface area contributed by atoms with Crippen LogP contribution in [0.5, 0.6) is 0 Å². The van der Waals surface area contributed by atoms with Crippen molar-refractivity contribution in [3.8, 4) is 0 Å². The van der Waals surface area contributed by atoms with E-state index in [2.05, 4.69) is 38.7 Å². The van der Waals surface area contributed by atoms with Gasteiger partial charge in [0.2, 0.25) is 0 Å². The molecule has 0 aromatic heterocycles. The van der Waals surface area contributed by atoms with Gasteiger partial charge in [-0.1, -0.05) is 44.0 Å². The lowest BCUT2D eigenvalue weighted by Gasteiger charge is -2.27. The van der Waals surface area contributed by atoms with E-state index in [1.807, 2.05) is 18.2 Å². The molecule has 20 heavy (non-hydrogen) atoms. The summed E-state index contributed by atoms with van der Waals surface area (Å²) in [7, 11) is 0. The van der Waals surface area contributed by atoms with Gasteiger partial charge in [0.1, 0.15) is 0 Å². The van der Waals surface area contributed by atoms with Crippen molar-refractivity contribution in [3.05, 3.63) is 35.4 Å². The summed E-state index contributed by atoms with van der Waals surface area (Å²) in [5, 5.41) is 10.4. The van der Waals surface area contributed by atoms with E-state index in [0.717, 1.165) is 25.1 Å². The number of aryl methyl sites for hydroxylation is 1. The average molecular weight is 277 g/mol. The molecule has 114 valence electrons. The van der Waals surface area contributed by atoms with Gasteiger partial charge in [0.15, 0.2) is 0 Å².